The molecule has 1 aliphatic rings. The minimum atomic E-state index is -4.77. The highest BCUT2D eigenvalue weighted by molar-refractivity contribution is 7.87. The van der Waals surface area contributed by atoms with Gasteiger partial charge in [0.2, 0.25) is 0 Å². The molecule has 10 nitrogen and oxygen atoms in total. The highest BCUT2D eigenvalue weighted by atomic mass is 32.3. The van der Waals surface area contributed by atoms with Crippen LogP contribution >= 0.6 is 0 Å². The molecule has 2 atom stereocenters. The van der Waals surface area contributed by atoms with Crippen LogP contribution in [0, 0.1) is 0 Å². The average Bonchev–Trinajstić information content (AvgIpc) is 2.82. The van der Waals surface area contributed by atoms with Crippen LogP contribution in [-0.4, -0.2) is 56.9 Å². The Labute approximate surface area is 200 Å². The van der Waals surface area contributed by atoms with Gasteiger partial charge in [-0.05, 0) is 36.8 Å². The summed E-state index contributed by atoms with van der Waals surface area (Å²) in [5.41, 5.74) is 1.51. The summed E-state index contributed by atoms with van der Waals surface area (Å²) in [7, 11) is -8.99. The van der Waals surface area contributed by atoms with Gasteiger partial charge in [-0.25, -0.2) is 4.18 Å². The standard InChI is InChI=1S/C22H28N2O8S2/c25-22(31-16-19-11-5-2-6-12-19)21-13-7-8-14-24(21)33(26,27)23-20(17-32-34(28,29)30)15-18-9-3-1-4-10-18/h1-6,9-12,20-21,23H,7-8,13-17H2,(H,28,29,30)/t20-,21+/m1/s1. The van der Waals surface area contributed by atoms with Crippen LogP contribution in [0.3, 0.4) is 0 Å². The number of nitrogens with zero attached hydrogens (tertiary/aromatic N) is 1. The fraction of sp³-hybridized carbons (Fsp3) is 0.409. The summed E-state index contributed by atoms with van der Waals surface area (Å²) in [6.07, 6.45) is 1.64. The molecule has 1 aliphatic heterocycles. The number of nitrogens with one attached hydrogen (secondary N) is 1. The van der Waals surface area contributed by atoms with E-state index in [-0.39, 0.29) is 19.6 Å². The van der Waals surface area contributed by atoms with E-state index in [1.54, 1.807) is 42.5 Å². The van der Waals surface area contributed by atoms with Crippen molar-refractivity contribution < 1.29 is 35.1 Å². The first-order valence-corrected chi connectivity index (χ1v) is 13.6. The van der Waals surface area contributed by atoms with E-state index in [9.17, 15) is 21.6 Å². The third-order valence-corrected chi connectivity index (χ3v) is 7.44. The predicted molar refractivity (Wildman–Crippen MR) is 124 cm³/mol. The van der Waals surface area contributed by atoms with E-state index in [4.69, 9.17) is 9.29 Å². The van der Waals surface area contributed by atoms with Gasteiger partial charge in [-0.15, -0.1) is 0 Å². The highest BCUT2D eigenvalue weighted by Gasteiger charge is 2.39. The Morgan fingerprint density at radius 1 is 1.00 bits per heavy atom. The van der Waals surface area contributed by atoms with Crippen molar-refractivity contribution >= 4 is 26.6 Å². The van der Waals surface area contributed by atoms with Gasteiger partial charge in [-0.2, -0.15) is 25.9 Å². The van der Waals surface area contributed by atoms with Crippen molar-refractivity contribution in [3.05, 3.63) is 71.8 Å². The van der Waals surface area contributed by atoms with E-state index in [0.717, 1.165) is 15.4 Å². The molecule has 1 saturated heterocycles. The molecule has 12 heteroatoms. The molecule has 0 radical (unpaired) electrons. The summed E-state index contributed by atoms with van der Waals surface area (Å²) >= 11 is 0. The molecule has 1 fully saturated rings. The molecular formula is C22H28N2O8S2. The quantitative estimate of drug-likeness (QED) is 0.343. The first-order chi connectivity index (χ1) is 16.1. The smallest absolute Gasteiger partial charge is 0.397 e. The number of carbonyl (C=O) groups excluding carboxylic acids is 1. The predicted octanol–water partition coefficient (Wildman–Crippen LogP) is 1.85. The summed E-state index contributed by atoms with van der Waals surface area (Å²) in [4.78, 5) is 12.8. The van der Waals surface area contributed by atoms with Crippen molar-refractivity contribution in [2.24, 2.45) is 0 Å². The maximum Gasteiger partial charge on any atom is 0.397 e. The lowest BCUT2D eigenvalue weighted by Gasteiger charge is -2.34. The van der Waals surface area contributed by atoms with Crippen LogP contribution in [-0.2, 0) is 47.4 Å². The first kappa shape index (κ1) is 26.3. The highest BCUT2D eigenvalue weighted by Crippen LogP contribution is 2.22. The average molecular weight is 513 g/mol. The second-order valence-corrected chi connectivity index (χ2v) is 10.7. The van der Waals surface area contributed by atoms with Gasteiger partial charge in [0.1, 0.15) is 12.6 Å². The Morgan fingerprint density at radius 2 is 1.62 bits per heavy atom. The molecule has 0 unspecified atom stereocenters. The van der Waals surface area contributed by atoms with E-state index >= 15 is 0 Å². The Kier molecular flexibility index (Phi) is 9.17. The number of hydrogen-bond donors (Lipinski definition) is 2. The molecule has 34 heavy (non-hydrogen) atoms. The zero-order valence-corrected chi connectivity index (χ0v) is 20.1. The lowest BCUT2D eigenvalue weighted by atomic mass is 10.1. The van der Waals surface area contributed by atoms with Crippen molar-refractivity contribution in [2.45, 2.75) is 44.4 Å². The summed E-state index contributed by atoms with van der Waals surface area (Å²) < 4.78 is 70.9. The third-order valence-electron chi connectivity index (χ3n) is 5.32. The van der Waals surface area contributed by atoms with Crippen molar-refractivity contribution in [3.8, 4) is 0 Å². The lowest BCUT2D eigenvalue weighted by Crippen LogP contribution is -2.55. The maximum absolute atomic E-state index is 13.2. The largest absolute Gasteiger partial charge is 0.460 e. The van der Waals surface area contributed by atoms with Crippen molar-refractivity contribution in [1.29, 1.82) is 0 Å². The van der Waals surface area contributed by atoms with Gasteiger partial charge in [-0.1, -0.05) is 60.7 Å². The zero-order valence-electron chi connectivity index (χ0n) is 18.4. The monoisotopic (exact) mass is 512 g/mol. The number of hydrogen-bond acceptors (Lipinski definition) is 7. The molecule has 186 valence electrons. The van der Waals surface area contributed by atoms with Gasteiger partial charge in [0.25, 0.3) is 10.2 Å². The molecule has 0 amide bonds. The van der Waals surface area contributed by atoms with Crippen LogP contribution in [0.25, 0.3) is 0 Å². The van der Waals surface area contributed by atoms with Crippen LogP contribution in [0.2, 0.25) is 0 Å². The molecule has 2 N–H and O–H groups in total. The summed E-state index contributed by atoms with van der Waals surface area (Å²) in [5.74, 6) is -0.650. The van der Waals surface area contributed by atoms with E-state index < -0.39 is 45.3 Å². The molecular weight excluding hydrogens is 484 g/mol. The van der Waals surface area contributed by atoms with E-state index in [1.165, 1.54) is 0 Å². The molecule has 0 saturated carbocycles. The van der Waals surface area contributed by atoms with Crippen LogP contribution < -0.4 is 4.72 Å². The van der Waals surface area contributed by atoms with Gasteiger partial charge in [0.05, 0.1) is 12.6 Å². The Morgan fingerprint density at radius 3 is 2.24 bits per heavy atom. The number of carbonyl (C=O) groups is 1. The van der Waals surface area contributed by atoms with E-state index in [2.05, 4.69) is 8.91 Å². The second-order valence-electron chi connectivity index (χ2n) is 7.94. The van der Waals surface area contributed by atoms with Gasteiger partial charge in [-0.3, -0.25) is 9.35 Å². The minimum Gasteiger partial charge on any atom is -0.460 e. The molecule has 0 aliphatic carbocycles. The van der Waals surface area contributed by atoms with Gasteiger partial charge in [0.15, 0.2) is 0 Å². The normalized spacial score (nSPS) is 18.3. The molecule has 2 aromatic rings. The SMILES string of the molecule is O=C(OCc1ccccc1)[C@@H]1CCCCN1S(=O)(=O)N[C@@H](COS(=O)(=O)O)Cc1ccccc1. The van der Waals surface area contributed by atoms with E-state index in [1.807, 2.05) is 18.2 Å². The number of esters is 1. The van der Waals surface area contributed by atoms with Gasteiger partial charge >= 0.3 is 16.4 Å². The first-order valence-electron chi connectivity index (χ1n) is 10.8. The molecule has 0 spiro atoms. The maximum atomic E-state index is 13.2. The third kappa shape index (κ3) is 8.15. The van der Waals surface area contributed by atoms with Crippen LogP contribution in [0.1, 0.15) is 30.4 Å². The minimum absolute atomic E-state index is 0.0241. The lowest BCUT2D eigenvalue weighted by molar-refractivity contribution is -0.150. The molecule has 0 bridgehead atoms. The number of piperidine rings is 1. The molecule has 3 rings (SSSR count). The van der Waals surface area contributed by atoms with Gasteiger partial charge < -0.3 is 4.74 Å². The van der Waals surface area contributed by atoms with Crippen molar-refractivity contribution in [1.82, 2.24) is 9.03 Å². The molecule has 1 heterocycles. The van der Waals surface area contributed by atoms with Crippen molar-refractivity contribution in [3.63, 3.8) is 0 Å². The number of rotatable bonds is 11. The Hall–Kier alpha value is -2.35. The van der Waals surface area contributed by atoms with Crippen LogP contribution in [0.4, 0.5) is 0 Å². The topological polar surface area (TPSA) is 139 Å². The van der Waals surface area contributed by atoms with Gasteiger partial charge in [0, 0.05) is 6.54 Å². The molecule has 2 aromatic carbocycles. The zero-order chi connectivity index (χ0) is 24.6. The summed E-state index contributed by atoms with van der Waals surface area (Å²) in [6.45, 7) is -0.488. The Bertz CT molecular complexity index is 1140. The number of benzene rings is 2. The van der Waals surface area contributed by atoms with Crippen molar-refractivity contribution in [2.75, 3.05) is 13.2 Å². The summed E-state index contributed by atoms with van der Waals surface area (Å²) in [6, 6.07) is 15.8. The fourth-order valence-electron chi connectivity index (χ4n) is 3.73. The van der Waals surface area contributed by atoms with Crippen LogP contribution in [0.15, 0.2) is 60.7 Å². The second kappa shape index (κ2) is 11.9. The van der Waals surface area contributed by atoms with E-state index in [0.29, 0.717) is 19.3 Å². The summed E-state index contributed by atoms with van der Waals surface area (Å²) in [5, 5.41) is 0. The Balaban J connectivity index is 1.72. The number of ether oxygens (including phenoxy) is 1. The molecule has 0 aromatic heterocycles. The fourth-order valence-corrected chi connectivity index (χ4v) is 5.67. The van der Waals surface area contributed by atoms with Crippen LogP contribution in [0.5, 0.6) is 0 Å².